The Morgan fingerprint density at radius 2 is 2.45 bits per heavy atom. The van der Waals surface area contributed by atoms with E-state index >= 15 is 0 Å². The first-order chi connectivity index (χ1) is 5.31. The summed E-state index contributed by atoms with van der Waals surface area (Å²) in [5.74, 6) is 2.13. The maximum absolute atomic E-state index is 10.7. The highest BCUT2D eigenvalue weighted by Gasteiger charge is 1.96. The summed E-state index contributed by atoms with van der Waals surface area (Å²) in [6.07, 6.45) is 4.94. The molecule has 0 saturated heterocycles. The molecule has 0 aromatic carbocycles. The molecule has 0 saturated carbocycles. The highest BCUT2D eigenvalue weighted by molar-refractivity contribution is 5.76. The molecule has 11 heavy (non-hydrogen) atoms. The predicted octanol–water partition coefficient (Wildman–Crippen LogP) is -0.723. The summed E-state index contributed by atoms with van der Waals surface area (Å²) in [6, 6.07) is 0. The van der Waals surface area contributed by atoms with E-state index in [2.05, 4.69) is 21.6 Å². The van der Waals surface area contributed by atoms with Crippen LogP contribution >= 0.6 is 0 Å². The number of carbonyl (C=O) groups is 1. The highest BCUT2D eigenvalue weighted by atomic mass is 16.6. The number of hydrogen-bond acceptors (Lipinski definition) is 3. The van der Waals surface area contributed by atoms with Crippen molar-refractivity contribution in [2.24, 2.45) is 0 Å². The molecule has 0 aliphatic carbocycles. The van der Waals surface area contributed by atoms with Crippen molar-refractivity contribution in [1.29, 1.82) is 0 Å². The van der Waals surface area contributed by atoms with Crippen molar-refractivity contribution in [3.63, 3.8) is 0 Å². The quantitative estimate of drug-likeness (QED) is 0.314. The molecule has 0 aromatic heterocycles. The zero-order valence-corrected chi connectivity index (χ0v) is 6.52. The van der Waals surface area contributed by atoms with Crippen LogP contribution in [0, 0.1) is 12.3 Å². The van der Waals surface area contributed by atoms with Crippen LogP contribution in [0.25, 0.3) is 0 Å². The van der Waals surface area contributed by atoms with Gasteiger partial charge in [-0.1, -0.05) is 5.92 Å². The molecule has 0 heterocycles. The second-order valence-electron chi connectivity index (χ2n) is 1.77. The summed E-state index contributed by atoms with van der Waals surface area (Å²) in [7, 11) is 0. The van der Waals surface area contributed by atoms with E-state index in [4.69, 9.17) is 6.42 Å². The van der Waals surface area contributed by atoms with E-state index in [9.17, 15) is 4.79 Å². The van der Waals surface area contributed by atoms with E-state index in [1.54, 1.807) is 6.92 Å². The van der Waals surface area contributed by atoms with Crippen molar-refractivity contribution in [3.8, 4) is 12.3 Å². The lowest BCUT2D eigenvalue weighted by Gasteiger charge is -2.02. The molecule has 0 radical (unpaired) electrons. The van der Waals surface area contributed by atoms with Gasteiger partial charge in [0.25, 0.3) is 5.91 Å². The van der Waals surface area contributed by atoms with Crippen LogP contribution in [0.2, 0.25) is 0 Å². The van der Waals surface area contributed by atoms with E-state index in [-0.39, 0.29) is 12.5 Å². The van der Waals surface area contributed by atoms with Gasteiger partial charge in [-0.3, -0.25) is 14.9 Å². The summed E-state index contributed by atoms with van der Waals surface area (Å²) >= 11 is 0. The number of nitrogens with one attached hydrogen (secondary N) is 2. The Morgan fingerprint density at radius 1 is 1.73 bits per heavy atom. The third-order valence-electron chi connectivity index (χ3n) is 0.843. The first kappa shape index (κ1) is 9.95. The number of rotatable bonds is 5. The first-order valence-electron chi connectivity index (χ1n) is 3.36. The molecule has 0 fully saturated rings. The molecule has 62 valence electrons. The largest absolute Gasteiger partial charge is 0.298 e. The smallest absolute Gasteiger partial charge is 0.257 e. The van der Waals surface area contributed by atoms with Crippen molar-refractivity contribution in [3.05, 3.63) is 0 Å². The van der Waals surface area contributed by atoms with Gasteiger partial charge in [0.2, 0.25) is 0 Å². The second-order valence-corrected chi connectivity index (χ2v) is 1.77. The Morgan fingerprint density at radius 3 is 3.00 bits per heavy atom. The normalized spacial score (nSPS) is 8.73. The van der Waals surface area contributed by atoms with Crippen LogP contribution < -0.4 is 10.8 Å². The number of hydrogen-bond donors (Lipinski definition) is 2. The lowest BCUT2D eigenvalue weighted by Crippen LogP contribution is -2.33. The summed E-state index contributed by atoms with van der Waals surface area (Å²) in [4.78, 5) is 15.3. The van der Waals surface area contributed by atoms with Crippen LogP contribution in [0.15, 0.2) is 0 Å². The van der Waals surface area contributed by atoms with E-state index in [0.29, 0.717) is 13.2 Å². The molecule has 0 bridgehead atoms. The Kier molecular flexibility index (Phi) is 6.39. The van der Waals surface area contributed by atoms with Crippen LogP contribution in [0.1, 0.15) is 6.92 Å². The summed E-state index contributed by atoms with van der Waals surface area (Å²) in [5, 5.41) is 2.72. The zero-order valence-electron chi connectivity index (χ0n) is 6.52. The van der Waals surface area contributed by atoms with Gasteiger partial charge in [-0.2, -0.15) is 0 Å². The molecule has 0 atom stereocenters. The monoisotopic (exact) mass is 156 g/mol. The van der Waals surface area contributed by atoms with Crippen molar-refractivity contribution >= 4 is 5.91 Å². The van der Waals surface area contributed by atoms with Gasteiger partial charge in [0.05, 0.1) is 19.7 Å². The van der Waals surface area contributed by atoms with Gasteiger partial charge in [-0.25, -0.2) is 5.48 Å². The molecule has 0 aliphatic rings. The van der Waals surface area contributed by atoms with Crippen LogP contribution in [0.4, 0.5) is 0 Å². The van der Waals surface area contributed by atoms with Crippen molar-refractivity contribution in [2.45, 2.75) is 6.92 Å². The Balaban J connectivity index is 3.17. The summed E-state index contributed by atoms with van der Waals surface area (Å²) < 4.78 is 0. The van der Waals surface area contributed by atoms with Gasteiger partial charge in [0.1, 0.15) is 0 Å². The van der Waals surface area contributed by atoms with Gasteiger partial charge in [0.15, 0.2) is 0 Å². The average molecular weight is 156 g/mol. The van der Waals surface area contributed by atoms with Crippen molar-refractivity contribution in [1.82, 2.24) is 10.8 Å². The standard InChI is InChI=1S/C7H12N2O2/c1-3-5-8-6-7(10)9-11-4-2/h1,8H,4-6H2,2H3,(H,9,10). The zero-order chi connectivity index (χ0) is 8.53. The molecule has 0 spiro atoms. The number of amides is 1. The molecule has 4 heteroatoms. The maximum atomic E-state index is 10.7. The minimum atomic E-state index is -0.220. The topological polar surface area (TPSA) is 50.4 Å². The Hall–Kier alpha value is -1.05. The third kappa shape index (κ3) is 6.84. The fourth-order valence-corrected chi connectivity index (χ4v) is 0.437. The molecule has 0 aliphatic heterocycles. The molecule has 1 amide bonds. The van der Waals surface area contributed by atoms with Crippen LogP contribution in [-0.2, 0) is 9.63 Å². The van der Waals surface area contributed by atoms with E-state index in [1.165, 1.54) is 0 Å². The first-order valence-corrected chi connectivity index (χ1v) is 3.36. The SMILES string of the molecule is C#CCNCC(=O)NOCC. The second kappa shape index (κ2) is 7.06. The fourth-order valence-electron chi connectivity index (χ4n) is 0.437. The van der Waals surface area contributed by atoms with Gasteiger partial charge < -0.3 is 0 Å². The average Bonchev–Trinajstić information content (AvgIpc) is 2.01. The van der Waals surface area contributed by atoms with Crippen LogP contribution in [-0.4, -0.2) is 25.6 Å². The van der Waals surface area contributed by atoms with Gasteiger partial charge in [-0.05, 0) is 6.92 Å². The molecular formula is C7H12N2O2. The molecule has 0 aromatic rings. The van der Waals surface area contributed by atoms with Crippen LogP contribution in [0.5, 0.6) is 0 Å². The minimum absolute atomic E-state index is 0.185. The molecule has 2 N–H and O–H groups in total. The van der Waals surface area contributed by atoms with E-state index < -0.39 is 0 Å². The van der Waals surface area contributed by atoms with Crippen LogP contribution in [0.3, 0.4) is 0 Å². The number of terminal acetylenes is 1. The summed E-state index contributed by atoms with van der Waals surface area (Å²) in [6.45, 7) is 2.82. The molecule has 4 nitrogen and oxygen atoms in total. The highest BCUT2D eigenvalue weighted by Crippen LogP contribution is 1.66. The summed E-state index contributed by atoms with van der Waals surface area (Å²) in [5.41, 5.74) is 2.22. The van der Waals surface area contributed by atoms with E-state index in [0.717, 1.165) is 0 Å². The Labute approximate surface area is 66.3 Å². The lowest BCUT2D eigenvalue weighted by atomic mass is 10.5. The maximum Gasteiger partial charge on any atom is 0.257 e. The fraction of sp³-hybridized carbons (Fsp3) is 0.571. The molecule has 0 unspecified atom stereocenters. The van der Waals surface area contributed by atoms with Crippen molar-refractivity contribution in [2.75, 3.05) is 19.7 Å². The van der Waals surface area contributed by atoms with Gasteiger partial charge in [0, 0.05) is 0 Å². The third-order valence-corrected chi connectivity index (χ3v) is 0.843. The lowest BCUT2D eigenvalue weighted by molar-refractivity contribution is -0.132. The minimum Gasteiger partial charge on any atom is -0.298 e. The van der Waals surface area contributed by atoms with Gasteiger partial charge >= 0.3 is 0 Å². The van der Waals surface area contributed by atoms with E-state index in [1.807, 2.05) is 0 Å². The predicted molar refractivity (Wildman–Crippen MR) is 41.5 cm³/mol. The van der Waals surface area contributed by atoms with Crippen molar-refractivity contribution < 1.29 is 9.63 Å². The Bertz CT molecular complexity index is 151. The molecular weight excluding hydrogens is 144 g/mol. The number of hydroxylamine groups is 1. The molecule has 0 rings (SSSR count). The van der Waals surface area contributed by atoms with Gasteiger partial charge in [-0.15, -0.1) is 6.42 Å². The number of carbonyl (C=O) groups excluding carboxylic acids is 1.